The summed E-state index contributed by atoms with van der Waals surface area (Å²) in [6, 6.07) is 5.93. The van der Waals surface area contributed by atoms with E-state index < -0.39 is 17.7 Å². The van der Waals surface area contributed by atoms with E-state index in [1.165, 1.54) is 18.3 Å². The molecule has 1 heterocycles. The van der Waals surface area contributed by atoms with Crippen LogP contribution in [0.15, 0.2) is 36.5 Å². The molecule has 0 saturated heterocycles. The lowest BCUT2D eigenvalue weighted by Crippen LogP contribution is -2.04. The van der Waals surface area contributed by atoms with Gasteiger partial charge in [0.25, 0.3) is 0 Å². The number of pyridine rings is 1. The first-order valence-corrected chi connectivity index (χ1v) is 5.18. The Morgan fingerprint density at radius 2 is 1.83 bits per heavy atom. The number of hydrogen-bond donors (Lipinski definition) is 0. The minimum atomic E-state index is -4.41. The molecule has 2 rings (SSSR count). The van der Waals surface area contributed by atoms with Crippen LogP contribution in [0.4, 0.5) is 17.6 Å². The first-order valence-electron chi connectivity index (χ1n) is 5.18. The van der Waals surface area contributed by atoms with Crippen molar-refractivity contribution in [2.24, 2.45) is 0 Å². The molecule has 0 spiro atoms. The van der Waals surface area contributed by atoms with E-state index in [-0.39, 0.29) is 0 Å². The van der Waals surface area contributed by atoms with Gasteiger partial charge >= 0.3 is 6.18 Å². The predicted octanol–water partition coefficient (Wildman–Crippen LogP) is 4.21. The van der Waals surface area contributed by atoms with Gasteiger partial charge in [0.15, 0.2) is 0 Å². The van der Waals surface area contributed by atoms with Crippen LogP contribution in [0.2, 0.25) is 0 Å². The standard InChI is InChI=1S/C13H9F4N/c1-8-7-18-12(14)6-11(8)9-3-2-4-10(5-9)13(15,16)17/h2-7H,1H3. The summed E-state index contributed by atoms with van der Waals surface area (Å²) in [6.45, 7) is 1.67. The van der Waals surface area contributed by atoms with Crippen molar-refractivity contribution in [3.05, 3.63) is 53.6 Å². The first-order chi connectivity index (χ1) is 8.38. The van der Waals surface area contributed by atoms with E-state index in [9.17, 15) is 17.6 Å². The van der Waals surface area contributed by atoms with Crippen LogP contribution in [-0.2, 0) is 6.18 Å². The largest absolute Gasteiger partial charge is 0.416 e. The number of benzene rings is 1. The van der Waals surface area contributed by atoms with E-state index in [4.69, 9.17) is 0 Å². The van der Waals surface area contributed by atoms with E-state index in [0.29, 0.717) is 16.7 Å². The molecule has 0 bridgehead atoms. The van der Waals surface area contributed by atoms with Gasteiger partial charge in [0, 0.05) is 12.3 Å². The van der Waals surface area contributed by atoms with Crippen molar-refractivity contribution in [2.45, 2.75) is 13.1 Å². The van der Waals surface area contributed by atoms with Crippen LogP contribution in [0.1, 0.15) is 11.1 Å². The molecule has 0 atom stereocenters. The lowest BCUT2D eigenvalue weighted by atomic mass is 10.0. The first kappa shape index (κ1) is 12.5. The third-order valence-corrected chi connectivity index (χ3v) is 2.57. The van der Waals surface area contributed by atoms with Gasteiger partial charge in [-0.15, -0.1) is 0 Å². The van der Waals surface area contributed by atoms with Gasteiger partial charge in [-0.25, -0.2) is 4.98 Å². The fourth-order valence-corrected chi connectivity index (χ4v) is 1.67. The van der Waals surface area contributed by atoms with Crippen LogP contribution in [-0.4, -0.2) is 4.98 Å². The molecule has 18 heavy (non-hydrogen) atoms. The number of alkyl halides is 3. The van der Waals surface area contributed by atoms with Gasteiger partial charge < -0.3 is 0 Å². The molecule has 5 heteroatoms. The van der Waals surface area contributed by atoms with Crippen molar-refractivity contribution in [2.75, 3.05) is 0 Å². The summed E-state index contributed by atoms with van der Waals surface area (Å²) in [5, 5.41) is 0. The molecule has 0 aliphatic heterocycles. The second kappa shape index (κ2) is 4.40. The molecule has 1 nitrogen and oxygen atoms in total. The maximum Gasteiger partial charge on any atom is 0.416 e. The summed E-state index contributed by atoms with van der Waals surface area (Å²) in [5.74, 6) is -0.715. The van der Waals surface area contributed by atoms with Gasteiger partial charge in [0.2, 0.25) is 5.95 Å². The molecule has 2 aromatic rings. The maximum atomic E-state index is 13.0. The fourth-order valence-electron chi connectivity index (χ4n) is 1.67. The van der Waals surface area contributed by atoms with Gasteiger partial charge in [-0.05, 0) is 35.7 Å². The van der Waals surface area contributed by atoms with Crippen molar-refractivity contribution in [3.8, 4) is 11.1 Å². The molecular formula is C13H9F4N. The Bertz CT molecular complexity index is 575. The Balaban J connectivity index is 2.55. The molecule has 0 aliphatic rings. The van der Waals surface area contributed by atoms with E-state index in [1.807, 2.05) is 0 Å². The van der Waals surface area contributed by atoms with Crippen molar-refractivity contribution in [1.29, 1.82) is 0 Å². The topological polar surface area (TPSA) is 12.9 Å². The number of rotatable bonds is 1. The lowest BCUT2D eigenvalue weighted by molar-refractivity contribution is -0.137. The highest BCUT2D eigenvalue weighted by Gasteiger charge is 2.30. The van der Waals surface area contributed by atoms with Gasteiger partial charge in [-0.1, -0.05) is 12.1 Å². The minimum Gasteiger partial charge on any atom is -0.228 e. The number of aromatic nitrogens is 1. The number of hydrogen-bond acceptors (Lipinski definition) is 1. The highest BCUT2D eigenvalue weighted by molar-refractivity contribution is 5.67. The molecule has 0 fully saturated rings. The molecule has 0 amide bonds. The van der Waals surface area contributed by atoms with Crippen LogP contribution in [0, 0.1) is 12.9 Å². The van der Waals surface area contributed by atoms with Crippen LogP contribution in [0.3, 0.4) is 0 Å². The summed E-state index contributed by atoms with van der Waals surface area (Å²) < 4.78 is 50.8. The highest BCUT2D eigenvalue weighted by atomic mass is 19.4. The van der Waals surface area contributed by atoms with Crippen LogP contribution < -0.4 is 0 Å². The molecule has 0 unspecified atom stereocenters. The zero-order chi connectivity index (χ0) is 13.3. The second-order valence-corrected chi connectivity index (χ2v) is 3.90. The Morgan fingerprint density at radius 1 is 1.11 bits per heavy atom. The average Bonchev–Trinajstić information content (AvgIpc) is 2.31. The third kappa shape index (κ3) is 2.50. The Morgan fingerprint density at radius 3 is 2.50 bits per heavy atom. The van der Waals surface area contributed by atoms with E-state index in [0.717, 1.165) is 18.2 Å². The van der Waals surface area contributed by atoms with Crippen LogP contribution >= 0.6 is 0 Å². The normalized spacial score (nSPS) is 11.6. The van der Waals surface area contributed by atoms with Crippen LogP contribution in [0.5, 0.6) is 0 Å². The monoisotopic (exact) mass is 255 g/mol. The molecule has 1 aromatic heterocycles. The van der Waals surface area contributed by atoms with Gasteiger partial charge in [-0.2, -0.15) is 17.6 Å². The Hall–Kier alpha value is -1.91. The second-order valence-electron chi connectivity index (χ2n) is 3.90. The summed E-state index contributed by atoms with van der Waals surface area (Å²) >= 11 is 0. The Kier molecular flexibility index (Phi) is 3.07. The molecule has 0 saturated carbocycles. The predicted molar refractivity (Wildman–Crippen MR) is 59.4 cm³/mol. The number of aryl methyl sites for hydroxylation is 1. The smallest absolute Gasteiger partial charge is 0.228 e. The zero-order valence-electron chi connectivity index (χ0n) is 9.42. The summed E-state index contributed by atoms with van der Waals surface area (Å²) in [4.78, 5) is 3.45. The van der Waals surface area contributed by atoms with E-state index in [2.05, 4.69) is 4.98 Å². The van der Waals surface area contributed by atoms with Crippen molar-refractivity contribution < 1.29 is 17.6 Å². The average molecular weight is 255 g/mol. The third-order valence-electron chi connectivity index (χ3n) is 2.57. The summed E-state index contributed by atoms with van der Waals surface area (Å²) in [6.07, 6.45) is -3.11. The lowest BCUT2D eigenvalue weighted by Gasteiger charge is -2.10. The van der Waals surface area contributed by atoms with Gasteiger partial charge in [0.05, 0.1) is 5.56 Å². The summed E-state index contributed by atoms with van der Waals surface area (Å²) in [7, 11) is 0. The SMILES string of the molecule is Cc1cnc(F)cc1-c1cccc(C(F)(F)F)c1. The summed E-state index contributed by atoms with van der Waals surface area (Å²) in [5.41, 5.74) is 0.601. The zero-order valence-corrected chi connectivity index (χ0v) is 9.42. The molecule has 1 aromatic carbocycles. The molecule has 0 N–H and O–H groups in total. The minimum absolute atomic E-state index is 0.323. The Labute approximate surface area is 101 Å². The van der Waals surface area contributed by atoms with E-state index in [1.54, 1.807) is 6.92 Å². The molecule has 0 aliphatic carbocycles. The van der Waals surface area contributed by atoms with Crippen molar-refractivity contribution in [3.63, 3.8) is 0 Å². The van der Waals surface area contributed by atoms with Crippen molar-refractivity contribution in [1.82, 2.24) is 4.98 Å². The van der Waals surface area contributed by atoms with Crippen LogP contribution in [0.25, 0.3) is 11.1 Å². The molecule has 94 valence electrons. The van der Waals surface area contributed by atoms with E-state index >= 15 is 0 Å². The van der Waals surface area contributed by atoms with Gasteiger partial charge in [-0.3, -0.25) is 0 Å². The molecule has 0 radical (unpaired) electrons. The molecular weight excluding hydrogens is 246 g/mol. The number of halogens is 4. The quantitative estimate of drug-likeness (QED) is 0.549. The van der Waals surface area contributed by atoms with Crippen molar-refractivity contribution >= 4 is 0 Å². The highest BCUT2D eigenvalue weighted by Crippen LogP contribution is 2.32. The number of nitrogens with zero attached hydrogens (tertiary/aromatic N) is 1. The van der Waals surface area contributed by atoms with Gasteiger partial charge in [0.1, 0.15) is 0 Å². The maximum absolute atomic E-state index is 13.0. The fraction of sp³-hybridized carbons (Fsp3) is 0.154.